The van der Waals surface area contributed by atoms with E-state index in [1.54, 1.807) is 12.3 Å². The third kappa shape index (κ3) is 4.91. The summed E-state index contributed by atoms with van der Waals surface area (Å²) < 4.78 is 18.7. The molecule has 0 radical (unpaired) electrons. The van der Waals surface area contributed by atoms with E-state index in [0.717, 1.165) is 11.1 Å². The Hall–Kier alpha value is -3.15. The minimum Gasteiger partial charge on any atom is -0.439 e. The van der Waals surface area contributed by atoms with E-state index in [1.807, 2.05) is 36.4 Å². The van der Waals surface area contributed by atoms with Crippen LogP contribution >= 0.6 is 0 Å². The molecule has 1 aromatic heterocycles. The lowest BCUT2D eigenvalue weighted by Gasteiger charge is -2.06. The maximum atomic E-state index is 13.1. The SMILES string of the molecule is O=C(NCCc1cccc(F)c1)NCc1ncc(-c2ccccc2)o1. The van der Waals surface area contributed by atoms with Crippen LogP contribution in [0, 0.1) is 5.82 Å². The van der Waals surface area contributed by atoms with E-state index < -0.39 is 0 Å². The maximum absolute atomic E-state index is 13.1. The predicted octanol–water partition coefficient (Wildman–Crippen LogP) is 3.52. The van der Waals surface area contributed by atoms with E-state index in [0.29, 0.717) is 24.6 Å². The van der Waals surface area contributed by atoms with Crippen LogP contribution in [0.1, 0.15) is 11.5 Å². The van der Waals surface area contributed by atoms with Gasteiger partial charge in [0.1, 0.15) is 5.82 Å². The first-order valence-electron chi connectivity index (χ1n) is 7.97. The molecule has 0 unspecified atom stereocenters. The van der Waals surface area contributed by atoms with Crippen LogP contribution in [-0.4, -0.2) is 17.6 Å². The van der Waals surface area contributed by atoms with Gasteiger partial charge in [0.15, 0.2) is 5.76 Å². The number of hydrogen-bond donors (Lipinski definition) is 2. The molecule has 0 saturated carbocycles. The van der Waals surface area contributed by atoms with Crippen LogP contribution in [0.15, 0.2) is 65.2 Å². The lowest BCUT2D eigenvalue weighted by Crippen LogP contribution is -2.36. The topological polar surface area (TPSA) is 67.2 Å². The van der Waals surface area contributed by atoms with Crippen LogP contribution in [0.25, 0.3) is 11.3 Å². The average Bonchev–Trinajstić information content (AvgIpc) is 3.10. The smallest absolute Gasteiger partial charge is 0.315 e. The van der Waals surface area contributed by atoms with Crippen molar-refractivity contribution in [3.8, 4) is 11.3 Å². The second-order valence-electron chi connectivity index (χ2n) is 5.47. The molecule has 0 aliphatic heterocycles. The van der Waals surface area contributed by atoms with E-state index in [2.05, 4.69) is 15.6 Å². The van der Waals surface area contributed by atoms with Crippen LogP contribution < -0.4 is 10.6 Å². The number of carbonyl (C=O) groups excluding carboxylic acids is 1. The molecule has 0 atom stereocenters. The molecule has 25 heavy (non-hydrogen) atoms. The molecule has 0 bridgehead atoms. The van der Waals surface area contributed by atoms with Crippen molar-refractivity contribution >= 4 is 6.03 Å². The first-order chi connectivity index (χ1) is 12.2. The number of aromatic nitrogens is 1. The number of oxazole rings is 1. The van der Waals surface area contributed by atoms with Crippen molar-refractivity contribution in [3.05, 3.63) is 78.1 Å². The van der Waals surface area contributed by atoms with E-state index in [-0.39, 0.29) is 18.4 Å². The van der Waals surface area contributed by atoms with E-state index >= 15 is 0 Å². The van der Waals surface area contributed by atoms with Crippen LogP contribution in [-0.2, 0) is 13.0 Å². The van der Waals surface area contributed by atoms with Gasteiger partial charge in [0, 0.05) is 12.1 Å². The fourth-order valence-electron chi connectivity index (χ4n) is 2.36. The molecule has 0 aliphatic rings. The van der Waals surface area contributed by atoms with Crippen molar-refractivity contribution < 1.29 is 13.6 Å². The Morgan fingerprint density at radius 1 is 1.08 bits per heavy atom. The Kier molecular flexibility index (Phi) is 5.41. The number of halogens is 1. The molecule has 6 heteroatoms. The van der Waals surface area contributed by atoms with Gasteiger partial charge in [0.05, 0.1) is 12.7 Å². The standard InChI is InChI=1S/C19H18FN3O2/c20-16-8-4-5-14(11-16)9-10-21-19(24)23-13-18-22-12-17(25-18)15-6-2-1-3-7-15/h1-8,11-12H,9-10,13H2,(H2,21,23,24). The molecule has 128 valence electrons. The fraction of sp³-hybridized carbons (Fsp3) is 0.158. The summed E-state index contributed by atoms with van der Waals surface area (Å²) in [5.41, 5.74) is 1.77. The van der Waals surface area contributed by atoms with Gasteiger partial charge >= 0.3 is 6.03 Å². The average molecular weight is 339 g/mol. The Morgan fingerprint density at radius 2 is 1.92 bits per heavy atom. The number of nitrogens with one attached hydrogen (secondary N) is 2. The number of hydrogen-bond acceptors (Lipinski definition) is 3. The molecule has 5 nitrogen and oxygen atoms in total. The number of rotatable bonds is 6. The summed E-state index contributed by atoms with van der Waals surface area (Å²) in [6, 6.07) is 15.6. The summed E-state index contributed by atoms with van der Waals surface area (Å²) in [5, 5.41) is 5.40. The molecule has 3 aromatic rings. The Bertz CT molecular complexity index is 833. The molecule has 2 aromatic carbocycles. The number of amides is 2. The largest absolute Gasteiger partial charge is 0.439 e. The molecule has 0 fully saturated rings. The second kappa shape index (κ2) is 8.10. The lowest BCUT2D eigenvalue weighted by molar-refractivity contribution is 0.239. The molecule has 0 aliphatic carbocycles. The zero-order chi connectivity index (χ0) is 17.5. The van der Waals surface area contributed by atoms with Crippen LogP contribution in [0.2, 0.25) is 0 Å². The number of carbonyl (C=O) groups is 1. The van der Waals surface area contributed by atoms with Gasteiger partial charge in [-0.3, -0.25) is 0 Å². The van der Waals surface area contributed by atoms with Crippen molar-refractivity contribution in [3.63, 3.8) is 0 Å². The molecule has 2 amide bonds. The van der Waals surface area contributed by atoms with Crippen LogP contribution in [0.3, 0.4) is 0 Å². The summed E-state index contributed by atoms with van der Waals surface area (Å²) in [5.74, 6) is 0.808. The first kappa shape index (κ1) is 16.7. The van der Waals surface area contributed by atoms with Crippen LogP contribution in [0.4, 0.5) is 9.18 Å². The van der Waals surface area contributed by atoms with Gasteiger partial charge in [-0.15, -0.1) is 0 Å². The van der Waals surface area contributed by atoms with Crippen molar-refractivity contribution in [1.29, 1.82) is 0 Å². The Morgan fingerprint density at radius 3 is 2.72 bits per heavy atom. The highest BCUT2D eigenvalue weighted by Gasteiger charge is 2.07. The van der Waals surface area contributed by atoms with Crippen molar-refractivity contribution in [2.45, 2.75) is 13.0 Å². The third-order valence-electron chi connectivity index (χ3n) is 3.60. The summed E-state index contributed by atoms with van der Waals surface area (Å²) in [7, 11) is 0. The number of nitrogens with zero attached hydrogens (tertiary/aromatic N) is 1. The highest BCUT2D eigenvalue weighted by molar-refractivity contribution is 5.73. The minimum atomic E-state index is -0.323. The Balaban J connectivity index is 1.43. The maximum Gasteiger partial charge on any atom is 0.315 e. The zero-order valence-electron chi connectivity index (χ0n) is 13.5. The van der Waals surface area contributed by atoms with Gasteiger partial charge in [-0.05, 0) is 24.1 Å². The summed E-state index contributed by atoms with van der Waals surface area (Å²) in [6.07, 6.45) is 2.19. The molecule has 0 spiro atoms. The van der Waals surface area contributed by atoms with Gasteiger partial charge in [-0.1, -0.05) is 42.5 Å². The normalized spacial score (nSPS) is 10.4. The second-order valence-corrected chi connectivity index (χ2v) is 5.47. The van der Waals surface area contributed by atoms with Crippen molar-refractivity contribution in [2.24, 2.45) is 0 Å². The number of urea groups is 1. The lowest BCUT2D eigenvalue weighted by atomic mass is 10.1. The van der Waals surface area contributed by atoms with Gasteiger partial charge in [0.2, 0.25) is 5.89 Å². The van der Waals surface area contributed by atoms with Crippen molar-refractivity contribution in [2.75, 3.05) is 6.54 Å². The monoisotopic (exact) mass is 339 g/mol. The summed E-state index contributed by atoms with van der Waals surface area (Å²) in [4.78, 5) is 15.9. The van der Waals surface area contributed by atoms with E-state index in [1.165, 1.54) is 12.1 Å². The Labute approximate surface area is 144 Å². The highest BCUT2D eigenvalue weighted by atomic mass is 19.1. The molecule has 3 rings (SSSR count). The van der Waals surface area contributed by atoms with Gasteiger partial charge in [-0.25, -0.2) is 14.2 Å². The highest BCUT2D eigenvalue weighted by Crippen LogP contribution is 2.19. The number of benzene rings is 2. The molecule has 0 saturated heterocycles. The first-order valence-corrected chi connectivity index (χ1v) is 7.97. The van der Waals surface area contributed by atoms with Gasteiger partial charge in [0.25, 0.3) is 0 Å². The van der Waals surface area contributed by atoms with E-state index in [9.17, 15) is 9.18 Å². The third-order valence-corrected chi connectivity index (χ3v) is 3.60. The molecule has 1 heterocycles. The minimum absolute atomic E-state index is 0.193. The molecular formula is C19H18FN3O2. The fourth-order valence-corrected chi connectivity index (χ4v) is 2.36. The molecular weight excluding hydrogens is 321 g/mol. The van der Waals surface area contributed by atoms with Crippen LogP contribution in [0.5, 0.6) is 0 Å². The zero-order valence-corrected chi connectivity index (χ0v) is 13.5. The van der Waals surface area contributed by atoms with Gasteiger partial charge in [-0.2, -0.15) is 0 Å². The summed E-state index contributed by atoms with van der Waals surface area (Å²) in [6.45, 7) is 0.606. The quantitative estimate of drug-likeness (QED) is 0.722. The van der Waals surface area contributed by atoms with E-state index in [4.69, 9.17) is 4.42 Å². The van der Waals surface area contributed by atoms with Gasteiger partial charge < -0.3 is 15.1 Å². The predicted molar refractivity (Wildman–Crippen MR) is 92.3 cm³/mol. The molecule has 2 N–H and O–H groups in total. The van der Waals surface area contributed by atoms with Crippen molar-refractivity contribution in [1.82, 2.24) is 15.6 Å². The summed E-state index contributed by atoms with van der Waals surface area (Å²) >= 11 is 0.